The van der Waals surface area contributed by atoms with Crippen molar-refractivity contribution in [3.8, 4) is 11.4 Å². The first-order valence-corrected chi connectivity index (χ1v) is 13.2. The minimum atomic E-state index is -0.123. The average Bonchev–Trinajstić information content (AvgIpc) is 3.52. The summed E-state index contributed by atoms with van der Waals surface area (Å²) < 4.78 is 12.0. The number of ether oxygens (including phenoxy) is 1. The number of aromatic nitrogens is 4. The topological polar surface area (TPSA) is 97.8 Å². The Morgan fingerprint density at radius 3 is 2.89 bits per heavy atom. The Bertz CT molecular complexity index is 1360. The van der Waals surface area contributed by atoms with Crippen LogP contribution in [0.25, 0.3) is 22.6 Å². The number of pyridine rings is 1. The number of alkyl halides is 1. The number of fused-ring (bicyclic) bond motifs is 1. The molecule has 3 aromatic heterocycles. The monoisotopic (exact) mass is 538 g/mol. The highest BCUT2D eigenvalue weighted by Gasteiger charge is 2.25. The first-order valence-electron chi connectivity index (χ1n) is 12.8. The van der Waals surface area contributed by atoms with Gasteiger partial charge in [0.1, 0.15) is 12.3 Å². The fourth-order valence-corrected chi connectivity index (χ4v) is 5.02. The van der Waals surface area contributed by atoms with Gasteiger partial charge >= 0.3 is 0 Å². The molecule has 3 heterocycles. The SMILES string of the molecule is C=C1CC(Cl)C1=CC=C(C)c1nc2cc(C)c(-c3ncon3)cn2c1CN(CCC)CCNC(=O)COC. The highest BCUT2D eigenvalue weighted by atomic mass is 35.5. The molecule has 38 heavy (non-hydrogen) atoms. The number of hydrogen-bond acceptors (Lipinski definition) is 7. The minimum Gasteiger partial charge on any atom is -0.375 e. The molecule has 4 rings (SSSR count). The molecule has 0 radical (unpaired) electrons. The van der Waals surface area contributed by atoms with Gasteiger partial charge in [0.05, 0.1) is 16.8 Å². The maximum atomic E-state index is 11.9. The molecule has 1 aliphatic rings. The Labute approximate surface area is 228 Å². The molecule has 202 valence electrons. The van der Waals surface area contributed by atoms with Gasteiger partial charge in [-0.15, -0.1) is 11.6 Å². The molecule has 9 nitrogen and oxygen atoms in total. The number of amides is 1. The highest BCUT2D eigenvalue weighted by molar-refractivity contribution is 6.24. The van der Waals surface area contributed by atoms with E-state index in [9.17, 15) is 4.79 Å². The normalized spacial score (nSPS) is 17.0. The number of rotatable bonds is 12. The van der Waals surface area contributed by atoms with Crippen LogP contribution >= 0.6 is 11.6 Å². The van der Waals surface area contributed by atoms with Gasteiger partial charge in [-0.25, -0.2) is 4.98 Å². The summed E-state index contributed by atoms with van der Waals surface area (Å²) in [6.07, 6.45) is 9.29. The summed E-state index contributed by atoms with van der Waals surface area (Å²) in [7, 11) is 1.51. The third kappa shape index (κ3) is 6.23. The lowest BCUT2D eigenvalue weighted by atomic mass is 9.86. The van der Waals surface area contributed by atoms with Crippen LogP contribution in [-0.2, 0) is 16.1 Å². The number of hydrogen-bond donors (Lipinski definition) is 1. The van der Waals surface area contributed by atoms with Crippen molar-refractivity contribution in [3.63, 3.8) is 0 Å². The zero-order valence-electron chi connectivity index (χ0n) is 22.5. The molecular weight excluding hydrogens is 504 g/mol. The van der Waals surface area contributed by atoms with E-state index >= 15 is 0 Å². The van der Waals surface area contributed by atoms with E-state index in [1.807, 2.05) is 19.2 Å². The largest absolute Gasteiger partial charge is 0.375 e. The van der Waals surface area contributed by atoms with Gasteiger partial charge in [0.25, 0.3) is 0 Å². The minimum absolute atomic E-state index is 0.0145. The van der Waals surface area contributed by atoms with Crippen LogP contribution in [0.15, 0.2) is 53.1 Å². The molecule has 1 N–H and O–H groups in total. The number of methoxy groups -OCH3 is 1. The molecule has 1 atom stereocenters. The zero-order chi connectivity index (χ0) is 27.2. The summed E-state index contributed by atoms with van der Waals surface area (Å²) in [5, 5.41) is 6.98. The maximum Gasteiger partial charge on any atom is 0.246 e. The van der Waals surface area contributed by atoms with Gasteiger partial charge in [-0.2, -0.15) is 4.98 Å². The summed E-state index contributed by atoms with van der Waals surface area (Å²) in [6, 6.07) is 2.04. The van der Waals surface area contributed by atoms with Crippen LogP contribution < -0.4 is 5.32 Å². The summed E-state index contributed by atoms with van der Waals surface area (Å²) in [6.45, 7) is 13.1. The van der Waals surface area contributed by atoms with Crippen LogP contribution in [0.4, 0.5) is 0 Å². The predicted octanol–water partition coefficient (Wildman–Crippen LogP) is 4.56. The molecule has 0 bridgehead atoms. The highest BCUT2D eigenvalue weighted by Crippen LogP contribution is 2.36. The van der Waals surface area contributed by atoms with Gasteiger partial charge in [0, 0.05) is 38.5 Å². The van der Waals surface area contributed by atoms with Crippen LogP contribution in [0.3, 0.4) is 0 Å². The van der Waals surface area contributed by atoms with Crippen molar-refractivity contribution in [1.82, 2.24) is 29.7 Å². The average molecular weight is 539 g/mol. The van der Waals surface area contributed by atoms with E-state index in [2.05, 4.69) is 57.3 Å². The van der Waals surface area contributed by atoms with Crippen molar-refractivity contribution in [2.75, 3.05) is 33.4 Å². The van der Waals surface area contributed by atoms with E-state index in [4.69, 9.17) is 25.8 Å². The van der Waals surface area contributed by atoms with Crippen LogP contribution in [0.5, 0.6) is 0 Å². The molecule has 0 aliphatic heterocycles. The van der Waals surface area contributed by atoms with Gasteiger partial charge in [-0.3, -0.25) is 9.69 Å². The molecule has 1 aliphatic carbocycles. The molecule has 0 saturated heterocycles. The summed E-state index contributed by atoms with van der Waals surface area (Å²) in [5.41, 5.74) is 7.87. The van der Waals surface area contributed by atoms with E-state index in [-0.39, 0.29) is 17.9 Å². The van der Waals surface area contributed by atoms with E-state index in [1.165, 1.54) is 13.5 Å². The summed E-state index contributed by atoms with van der Waals surface area (Å²) in [5.74, 6) is 0.409. The molecule has 3 aromatic rings. The van der Waals surface area contributed by atoms with E-state index in [0.29, 0.717) is 25.5 Å². The second-order valence-electron chi connectivity index (χ2n) is 9.57. The smallest absolute Gasteiger partial charge is 0.246 e. The second-order valence-corrected chi connectivity index (χ2v) is 10.1. The molecule has 1 unspecified atom stereocenters. The van der Waals surface area contributed by atoms with Gasteiger partial charge in [0.2, 0.25) is 18.1 Å². The summed E-state index contributed by atoms with van der Waals surface area (Å²) >= 11 is 6.37. The van der Waals surface area contributed by atoms with Crippen molar-refractivity contribution in [2.45, 2.75) is 45.5 Å². The Kier molecular flexibility index (Phi) is 9.14. The first kappa shape index (κ1) is 27.8. The first-order chi connectivity index (χ1) is 18.3. The lowest BCUT2D eigenvalue weighted by Crippen LogP contribution is -2.36. The van der Waals surface area contributed by atoms with Crippen LogP contribution in [0, 0.1) is 6.92 Å². The number of halogens is 1. The molecule has 1 fully saturated rings. The third-order valence-corrected chi connectivity index (χ3v) is 7.05. The lowest BCUT2D eigenvalue weighted by molar-refractivity contribution is -0.124. The summed E-state index contributed by atoms with van der Waals surface area (Å²) in [4.78, 5) is 23.5. The van der Waals surface area contributed by atoms with Crippen molar-refractivity contribution in [3.05, 3.63) is 65.5 Å². The van der Waals surface area contributed by atoms with Gasteiger partial charge in [0.15, 0.2) is 0 Å². The molecule has 1 saturated carbocycles. The number of aryl methyl sites for hydroxylation is 1. The molecule has 0 aromatic carbocycles. The Morgan fingerprint density at radius 1 is 1.42 bits per heavy atom. The van der Waals surface area contributed by atoms with Crippen molar-refractivity contribution < 1.29 is 14.1 Å². The molecule has 0 spiro atoms. The standard InChI is InChI=1S/C28H35ClN6O3/c1-6-10-34(11-9-30-26(36)16-37-5)15-24-27(18(2)7-8-21-19(3)12-23(21)29)32-25-13-20(4)22(14-35(24)25)28-31-17-38-33-28/h7-8,13-14,17,23H,3,6,9-12,15-16H2,1-2,4-5H3,(H,30,36). The van der Waals surface area contributed by atoms with Crippen molar-refractivity contribution >= 4 is 28.7 Å². The third-order valence-electron chi connectivity index (χ3n) is 6.66. The number of carbonyl (C=O) groups excluding carboxylic acids is 1. The van der Waals surface area contributed by atoms with Gasteiger partial charge in [-0.1, -0.05) is 30.8 Å². The number of nitrogens with zero attached hydrogens (tertiary/aromatic N) is 5. The predicted molar refractivity (Wildman–Crippen MR) is 149 cm³/mol. The van der Waals surface area contributed by atoms with E-state index in [1.54, 1.807) is 0 Å². The number of carbonyl (C=O) groups is 1. The van der Waals surface area contributed by atoms with Crippen LogP contribution in [0.1, 0.15) is 43.6 Å². The molecule has 10 heteroatoms. The Morgan fingerprint density at radius 2 is 2.24 bits per heavy atom. The lowest BCUT2D eigenvalue weighted by Gasteiger charge is -2.26. The number of imidazole rings is 1. The molecule has 1 amide bonds. The zero-order valence-corrected chi connectivity index (χ0v) is 23.2. The van der Waals surface area contributed by atoms with Crippen molar-refractivity contribution in [2.24, 2.45) is 0 Å². The second kappa shape index (κ2) is 12.5. The van der Waals surface area contributed by atoms with E-state index < -0.39 is 0 Å². The Balaban J connectivity index is 1.72. The number of nitrogens with one attached hydrogen (secondary N) is 1. The van der Waals surface area contributed by atoms with Crippen LogP contribution in [-0.4, -0.2) is 69.1 Å². The molecular formula is C28H35ClN6O3. The van der Waals surface area contributed by atoms with Crippen LogP contribution in [0.2, 0.25) is 0 Å². The fourth-order valence-electron chi connectivity index (χ4n) is 4.61. The quantitative estimate of drug-likeness (QED) is 0.337. The van der Waals surface area contributed by atoms with Gasteiger partial charge in [-0.05, 0) is 61.6 Å². The van der Waals surface area contributed by atoms with E-state index in [0.717, 1.165) is 64.3 Å². The Hall–Kier alpha value is -3.27. The maximum absolute atomic E-state index is 11.9. The van der Waals surface area contributed by atoms with Crippen molar-refractivity contribution in [1.29, 1.82) is 0 Å². The van der Waals surface area contributed by atoms with Gasteiger partial charge < -0.3 is 19.0 Å². The fraction of sp³-hybridized carbons (Fsp3) is 0.429. The number of allylic oxidation sites excluding steroid dienone is 5.